The summed E-state index contributed by atoms with van der Waals surface area (Å²) in [4.78, 5) is 0. The van der Waals surface area contributed by atoms with Gasteiger partial charge in [0.1, 0.15) is 0 Å². The maximum atomic E-state index is 11.2. The van der Waals surface area contributed by atoms with E-state index in [9.17, 15) is 8.42 Å². The Morgan fingerprint density at radius 1 is 1.33 bits per heavy atom. The molecule has 0 aliphatic heterocycles. The Balaban J connectivity index is 2.41. The Morgan fingerprint density at radius 3 is 2.17 bits per heavy atom. The highest BCUT2D eigenvalue weighted by Crippen LogP contribution is 2.30. The molecule has 1 fully saturated rings. The highest BCUT2D eigenvalue weighted by molar-refractivity contribution is 7.87. The highest BCUT2D eigenvalue weighted by atomic mass is 32.2. The minimum atomic E-state index is -3.22. The van der Waals surface area contributed by atoms with Gasteiger partial charge in [-0.05, 0) is 18.3 Å². The molecule has 0 N–H and O–H groups in total. The van der Waals surface area contributed by atoms with Crippen molar-refractivity contribution in [3.05, 3.63) is 0 Å². The highest BCUT2D eigenvalue weighted by Gasteiger charge is 2.37. The monoisotopic (exact) mass is 192 g/mol. The van der Waals surface area contributed by atoms with E-state index in [2.05, 4.69) is 0 Å². The molecule has 0 heterocycles. The van der Waals surface area contributed by atoms with Crippen molar-refractivity contribution in [1.29, 1.82) is 0 Å². The summed E-state index contributed by atoms with van der Waals surface area (Å²) >= 11 is 0. The lowest BCUT2D eigenvalue weighted by Crippen LogP contribution is -2.20. The Kier molecular flexibility index (Phi) is 2.50. The summed E-state index contributed by atoms with van der Waals surface area (Å²) in [5, 5.41) is -0.208. The zero-order valence-corrected chi connectivity index (χ0v) is 8.65. The Bertz CT molecular complexity index is 244. The summed E-state index contributed by atoms with van der Waals surface area (Å²) < 4.78 is 27.3. The fourth-order valence-corrected chi connectivity index (χ4v) is 2.14. The molecular weight excluding hydrogens is 176 g/mol. The predicted molar refractivity (Wildman–Crippen MR) is 47.3 cm³/mol. The van der Waals surface area contributed by atoms with Crippen LogP contribution in [0.15, 0.2) is 0 Å². The third-order valence-electron chi connectivity index (χ3n) is 1.59. The van der Waals surface area contributed by atoms with Crippen molar-refractivity contribution >= 4 is 10.1 Å². The first-order valence-corrected chi connectivity index (χ1v) is 5.67. The van der Waals surface area contributed by atoms with Crippen LogP contribution in [0.3, 0.4) is 0 Å². The number of hydrogen-bond acceptors (Lipinski definition) is 3. The molecule has 0 atom stereocenters. The van der Waals surface area contributed by atoms with Gasteiger partial charge in [0.25, 0.3) is 10.1 Å². The quantitative estimate of drug-likeness (QED) is 0.637. The van der Waals surface area contributed by atoms with E-state index < -0.39 is 10.1 Å². The standard InChI is InChI=1S/C8H16O3S/c1-8(2,3)6-11-12(9,10)7-4-5-7/h7H,4-6H2,1-3H3. The molecule has 0 aromatic carbocycles. The van der Waals surface area contributed by atoms with Gasteiger partial charge < -0.3 is 0 Å². The van der Waals surface area contributed by atoms with Gasteiger partial charge in [-0.2, -0.15) is 8.42 Å². The normalized spacial score (nSPS) is 19.6. The zero-order chi connectivity index (χ0) is 9.41. The first kappa shape index (κ1) is 9.99. The molecule has 0 spiro atoms. The first-order chi connectivity index (χ1) is 5.31. The summed E-state index contributed by atoms with van der Waals surface area (Å²) in [6.07, 6.45) is 1.54. The Hall–Kier alpha value is -0.0900. The van der Waals surface area contributed by atoms with E-state index in [4.69, 9.17) is 4.18 Å². The molecule has 1 saturated carbocycles. The summed E-state index contributed by atoms with van der Waals surface area (Å²) in [6.45, 7) is 6.14. The van der Waals surface area contributed by atoms with Crippen molar-refractivity contribution in [3.63, 3.8) is 0 Å². The summed E-state index contributed by atoms with van der Waals surface area (Å²) in [7, 11) is -3.22. The molecule has 0 bridgehead atoms. The maximum absolute atomic E-state index is 11.2. The van der Waals surface area contributed by atoms with E-state index in [-0.39, 0.29) is 17.3 Å². The van der Waals surface area contributed by atoms with Crippen LogP contribution in [-0.2, 0) is 14.3 Å². The van der Waals surface area contributed by atoms with Crippen LogP contribution in [0.4, 0.5) is 0 Å². The van der Waals surface area contributed by atoms with Crippen LogP contribution in [0.5, 0.6) is 0 Å². The molecule has 1 rings (SSSR count). The second-order valence-electron chi connectivity index (χ2n) is 4.52. The minimum Gasteiger partial charge on any atom is -0.269 e. The van der Waals surface area contributed by atoms with Crippen LogP contribution in [0.25, 0.3) is 0 Å². The second-order valence-corrected chi connectivity index (χ2v) is 6.40. The Morgan fingerprint density at radius 2 is 1.83 bits per heavy atom. The zero-order valence-electron chi connectivity index (χ0n) is 7.83. The van der Waals surface area contributed by atoms with Gasteiger partial charge in [0.15, 0.2) is 0 Å². The van der Waals surface area contributed by atoms with Gasteiger partial charge in [0.2, 0.25) is 0 Å². The maximum Gasteiger partial charge on any atom is 0.270 e. The molecule has 1 aliphatic carbocycles. The molecule has 3 nitrogen and oxygen atoms in total. The topological polar surface area (TPSA) is 43.4 Å². The lowest BCUT2D eigenvalue weighted by molar-refractivity contribution is 0.203. The summed E-state index contributed by atoms with van der Waals surface area (Å²) in [5.41, 5.74) is -0.0814. The Labute approximate surface area is 74.2 Å². The molecule has 0 radical (unpaired) electrons. The van der Waals surface area contributed by atoms with Crippen molar-refractivity contribution in [1.82, 2.24) is 0 Å². The van der Waals surface area contributed by atoms with Gasteiger partial charge in [-0.25, -0.2) is 0 Å². The SMILES string of the molecule is CC(C)(C)COS(=O)(=O)C1CC1. The molecule has 0 amide bonds. The van der Waals surface area contributed by atoms with Gasteiger partial charge in [0, 0.05) is 0 Å². The smallest absolute Gasteiger partial charge is 0.269 e. The molecule has 0 aromatic heterocycles. The average molecular weight is 192 g/mol. The van der Waals surface area contributed by atoms with Crippen LogP contribution in [0, 0.1) is 5.41 Å². The van der Waals surface area contributed by atoms with Gasteiger partial charge in [-0.3, -0.25) is 4.18 Å². The lowest BCUT2D eigenvalue weighted by atomic mass is 9.99. The van der Waals surface area contributed by atoms with E-state index in [0.717, 1.165) is 12.8 Å². The second kappa shape index (κ2) is 3.00. The van der Waals surface area contributed by atoms with E-state index >= 15 is 0 Å². The third kappa shape index (κ3) is 3.11. The van der Waals surface area contributed by atoms with Gasteiger partial charge in [-0.1, -0.05) is 20.8 Å². The molecule has 0 aromatic rings. The summed E-state index contributed by atoms with van der Waals surface area (Å²) in [5.74, 6) is 0. The van der Waals surface area contributed by atoms with Crippen LogP contribution in [-0.4, -0.2) is 20.3 Å². The summed E-state index contributed by atoms with van der Waals surface area (Å²) in [6, 6.07) is 0. The minimum absolute atomic E-state index is 0.0814. The predicted octanol–water partition coefficient (Wildman–Crippen LogP) is 1.54. The molecular formula is C8H16O3S. The molecule has 4 heteroatoms. The largest absolute Gasteiger partial charge is 0.270 e. The van der Waals surface area contributed by atoms with Crippen molar-refractivity contribution in [3.8, 4) is 0 Å². The van der Waals surface area contributed by atoms with Gasteiger partial charge in [-0.15, -0.1) is 0 Å². The molecule has 12 heavy (non-hydrogen) atoms. The van der Waals surface area contributed by atoms with Gasteiger partial charge >= 0.3 is 0 Å². The fraction of sp³-hybridized carbons (Fsp3) is 1.00. The number of hydrogen-bond donors (Lipinski definition) is 0. The van der Waals surface area contributed by atoms with Crippen LogP contribution < -0.4 is 0 Å². The third-order valence-corrected chi connectivity index (χ3v) is 3.32. The molecule has 1 aliphatic rings. The van der Waals surface area contributed by atoms with Crippen molar-refractivity contribution in [2.24, 2.45) is 5.41 Å². The van der Waals surface area contributed by atoms with Crippen molar-refractivity contribution in [2.75, 3.05) is 6.61 Å². The van der Waals surface area contributed by atoms with Crippen molar-refractivity contribution in [2.45, 2.75) is 38.9 Å². The fourth-order valence-electron chi connectivity index (χ4n) is 0.712. The van der Waals surface area contributed by atoms with E-state index in [0.29, 0.717) is 0 Å². The molecule has 0 unspecified atom stereocenters. The molecule has 0 saturated heterocycles. The van der Waals surface area contributed by atoms with E-state index in [1.807, 2.05) is 20.8 Å². The van der Waals surface area contributed by atoms with E-state index in [1.54, 1.807) is 0 Å². The van der Waals surface area contributed by atoms with Crippen LogP contribution in [0.2, 0.25) is 0 Å². The average Bonchev–Trinajstić information content (AvgIpc) is 2.62. The lowest BCUT2D eigenvalue weighted by Gasteiger charge is -2.17. The first-order valence-electron chi connectivity index (χ1n) is 4.19. The molecule has 72 valence electrons. The van der Waals surface area contributed by atoms with E-state index in [1.165, 1.54) is 0 Å². The van der Waals surface area contributed by atoms with Crippen LogP contribution >= 0.6 is 0 Å². The van der Waals surface area contributed by atoms with Crippen molar-refractivity contribution < 1.29 is 12.6 Å². The number of rotatable bonds is 3. The van der Waals surface area contributed by atoms with Gasteiger partial charge in [0.05, 0.1) is 11.9 Å². The van der Waals surface area contributed by atoms with Crippen LogP contribution in [0.1, 0.15) is 33.6 Å².